The Labute approximate surface area is 110 Å². The van der Waals surface area contributed by atoms with E-state index in [1.54, 1.807) is 13.0 Å². The Balaban J connectivity index is 2.14. The van der Waals surface area contributed by atoms with Crippen LogP contribution in [0.25, 0.3) is 0 Å². The zero-order valence-corrected chi connectivity index (χ0v) is 10.7. The van der Waals surface area contributed by atoms with E-state index >= 15 is 0 Å². The summed E-state index contributed by atoms with van der Waals surface area (Å²) in [4.78, 5) is 32.7. The Kier molecular flexibility index (Phi) is 3.64. The first kappa shape index (κ1) is 13.3. The fourth-order valence-corrected chi connectivity index (χ4v) is 2.20. The Morgan fingerprint density at radius 3 is 2.68 bits per heavy atom. The Hall–Kier alpha value is -2.18. The number of carboxylic acid groups (broad SMARTS) is 1. The Morgan fingerprint density at radius 1 is 1.37 bits per heavy atom. The van der Waals surface area contributed by atoms with Crippen LogP contribution in [-0.4, -0.2) is 44.1 Å². The SMILES string of the molecule is CC1(C(=O)O)CCCCN1C(=O)Nc1ncccn1. The van der Waals surface area contributed by atoms with Crippen molar-refractivity contribution < 1.29 is 14.7 Å². The number of nitrogens with one attached hydrogen (secondary N) is 1. The molecule has 0 bridgehead atoms. The smallest absolute Gasteiger partial charge is 0.329 e. The second kappa shape index (κ2) is 5.21. The standard InChI is InChI=1S/C12H16N4O3/c1-12(9(17)18)5-2-3-8-16(12)11(19)15-10-13-6-4-7-14-10/h4,6-7H,2-3,5,8H2,1H3,(H,17,18)(H,13,14,15,19). The van der Waals surface area contributed by atoms with E-state index in [9.17, 15) is 14.7 Å². The van der Waals surface area contributed by atoms with Gasteiger partial charge in [0.2, 0.25) is 5.95 Å². The maximum atomic E-state index is 12.2. The summed E-state index contributed by atoms with van der Waals surface area (Å²) in [5, 5.41) is 11.9. The third-order valence-electron chi connectivity index (χ3n) is 3.38. The summed E-state index contributed by atoms with van der Waals surface area (Å²) < 4.78 is 0. The molecule has 102 valence electrons. The lowest BCUT2D eigenvalue weighted by Gasteiger charge is -2.41. The summed E-state index contributed by atoms with van der Waals surface area (Å²) in [7, 11) is 0. The van der Waals surface area contributed by atoms with Crippen molar-refractivity contribution in [2.75, 3.05) is 11.9 Å². The van der Waals surface area contributed by atoms with E-state index in [1.807, 2.05) is 0 Å². The van der Waals surface area contributed by atoms with E-state index in [2.05, 4.69) is 15.3 Å². The molecule has 1 aromatic heterocycles. The molecule has 19 heavy (non-hydrogen) atoms. The minimum atomic E-state index is -1.17. The van der Waals surface area contributed by atoms with Gasteiger partial charge in [-0.05, 0) is 32.3 Å². The van der Waals surface area contributed by atoms with Gasteiger partial charge in [0.25, 0.3) is 0 Å². The van der Waals surface area contributed by atoms with Gasteiger partial charge in [0.1, 0.15) is 5.54 Å². The topological polar surface area (TPSA) is 95.4 Å². The van der Waals surface area contributed by atoms with Crippen LogP contribution in [0, 0.1) is 0 Å². The van der Waals surface area contributed by atoms with Crippen molar-refractivity contribution in [2.45, 2.75) is 31.7 Å². The van der Waals surface area contributed by atoms with Crippen molar-refractivity contribution in [3.05, 3.63) is 18.5 Å². The van der Waals surface area contributed by atoms with E-state index in [4.69, 9.17) is 0 Å². The lowest BCUT2D eigenvalue weighted by atomic mass is 9.89. The number of amides is 2. The second-order valence-electron chi connectivity index (χ2n) is 4.69. The fraction of sp³-hybridized carbons (Fsp3) is 0.500. The van der Waals surface area contributed by atoms with Crippen LogP contribution < -0.4 is 5.32 Å². The average molecular weight is 264 g/mol. The normalized spacial score (nSPS) is 22.9. The summed E-state index contributed by atoms with van der Waals surface area (Å²) in [6, 6.07) is 1.16. The van der Waals surface area contributed by atoms with Gasteiger partial charge in [-0.25, -0.2) is 19.6 Å². The largest absolute Gasteiger partial charge is 0.480 e. The van der Waals surface area contributed by atoms with E-state index < -0.39 is 17.5 Å². The second-order valence-corrected chi connectivity index (χ2v) is 4.69. The first-order valence-corrected chi connectivity index (χ1v) is 6.13. The summed E-state index contributed by atoms with van der Waals surface area (Å²) in [5.74, 6) is -0.817. The number of urea groups is 1. The summed E-state index contributed by atoms with van der Waals surface area (Å²) in [6.07, 6.45) is 5.07. The van der Waals surface area contributed by atoms with Crippen molar-refractivity contribution in [3.63, 3.8) is 0 Å². The molecule has 7 nitrogen and oxygen atoms in total. The predicted molar refractivity (Wildman–Crippen MR) is 67.6 cm³/mol. The Morgan fingerprint density at radius 2 is 2.05 bits per heavy atom. The molecule has 0 radical (unpaired) electrons. The molecule has 1 atom stereocenters. The molecule has 1 saturated heterocycles. The molecule has 2 rings (SSSR count). The monoisotopic (exact) mass is 264 g/mol. The molecule has 0 aromatic carbocycles. The lowest BCUT2D eigenvalue weighted by molar-refractivity contribution is -0.150. The fourth-order valence-electron chi connectivity index (χ4n) is 2.20. The van der Waals surface area contributed by atoms with Gasteiger partial charge in [-0.1, -0.05) is 0 Å². The van der Waals surface area contributed by atoms with Crippen molar-refractivity contribution in [1.29, 1.82) is 0 Å². The third kappa shape index (κ3) is 2.64. The third-order valence-corrected chi connectivity index (χ3v) is 3.38. The highest BCUT2D eigenvalue weighted by molar-refractivity contribution is 5.92. The number of aliphatic carboxylic acids is 1. The first-order chi connectivity index (χ1) is 9.04. The number of nitrogens with zero attached hydrogens (tertiary/aromatic N) is 3. The van der Waals surface area contributed by atoms with Gasteiger partial charge in [0.05, 0.1) is 0 Å². The number of likely N-dealkylation sites (tertiary alicyclic amines) is 1. The number of rotatable bonds is 2. The number of carboxylic acids is 1. The number of carbonyl (C=O) groups is 2. The van der Waals surface area contributed by atoms with Gasteiger partial charge in [0, 0.05) is 18.9 Å². The molecule has 1 unspecified atom stereocenters. The first-order valence-electron chi connectivity index (χ1n) is 6.13. The molecular formula is C12H16N4O3. The minimum Gasteiger partial charge on any atom is -0.480 e. The molecule has 2 N–H and O–H groups in total. The molecule has 2 amide bonds. The molecule has 1 fully saturated rings. The Bertz CT molecular complexity index is 479. The molecule has 1 aromatic rings. The van der Waals surface area contributed by atoms with Crippen LogP contribution in [0.5, 0.6) is 0 Å². The van der Waals surface area contributed by atoms with Gasteiger partial charge >= 0.3 is 12.0 Å². The maximum absolute atomic E-state index is 12.2. The van der Waals surface area contributed by atoms with Crippen molar-refractivity contribution in [2.24, 2.45) is 0 Å². The molecule has 1 aliphatic heterocycles. The van der Waals surface area contributed by atoms with Crippen LogP contribution in [-0.2, 0) is 4.79 Å². The highest BCUT2D eigenvalue weighted by Gasteiger charge is 2.44. The van der Waals surface area contributed by atoms with Crippen molar-refractivity contribution in [1.82, 2.24) is 14.9 Å². The van der Waals surface area contributed by atoms with Gasteiger partial charge < -0.3 is 10.0 Å². The summed E-state index contributed by atoms with van der Waals surface area (Å²) in [5.41, 5.74) is -1.17. The molecule has 0 spiro atoms. The van der Waals surface area contributed by atoms with Crippen LogP contribution in [0.1, 0.15) is 26.2 Å². The number of piperidine rings is 1. The van der Waals surface area contributed by atoms with E-state index in [1.165, 1.54) is 17.3 Å². The van der Waals surface area contributed by atoms with E-state index in [0.717, 1.165) is 12.8 Å². The average Bonchev–Trinajstić information content (AvgIpc) is 2.40. The van der Waals surface area contributed by atoms with E-state index in [0.29, 0.717) is 13.0 Å². The highest BCUT2D eigenvalue weighted by Crippen LogP contribution is 2.28. The molecule has 2 heterocycles. The zero-order valence-electron chi connectivity index (χ0n) is 10.7. The maximum Gasteiger partial charge on any atom is 0.329 e. The predicted octanol–water partition coefficient (Wildman–Crippen LogP) is 1.34. The zero-order chi connectivity index (χ0) is 13.9. The molecule has 0 saturated carbocycles. The van der Waals surface area contributed by atoms with Crippen LogP contribution in [0.4, 0.5) is 10.7 Å². The van der Waals surface area contributed by atoms with Crippen LogP contribution >= 0.6 is 0 Å². The van der Waals surface area contributed by atoms with Gasteiger partial charge in [-0.3, -0.25) is 5.32 Å². The van der Waals surface area contributed by atoms with Crippen LogP contribution in [0.2, 0.25) is 0 Å². The molecular weight excluding hydrogens is 248 g/mol. The van der Waals surface area contributed by atoms with Gasteiger partial charge in [-0.15, -0.1) is 0 Å². The molecule has 7 heteroatoms. The van der Waals surface area contributed by atoms with Gasteiger partial charge in [0.15, 0.2) is 0 Å². The summed E-state index contributed by atoms with van der Waals surface area (Å²) >= 11 is 0. The van der Waals surface area contributed by atoms with Crippen LogP contribution in [0.3, 0.4) is 0 Å². The minimum absolute atomic E-state index is 0.172. The lowest BCUT2D eigenvalue weighted by Crippen LogP contribution is -2.58. The van der Waals surface area contributed by atoms with E-state index in [-0.39, 0.29) is 5.95 Å². The van der Waals surface area contributed by atoms with Crippen molar-refractivity contribution >= 4 is 17.9 Å². The number of hydrogen-bond donors (Lipinski definition) is 2. The number of anilines is 1. The summed E-state index contributed by atoms with van der Waals surface area (Å²) in [6.45, 7) is 1.99. The highest BCUT2D eigenvalue weighted by atomic mass is 16.4. The number of aromatic nitrogens is 2. The quantitative estimate of drug-likeness (QED) is 0.840. The number of carbonyl (C=O) groups excluding carboxylic acids is 1. The van der Waals surface area contributed by atoms with Crippen molar-refractivity contribution in [3.8, 4) is 0 Å². The van der Waals surface area contributed by atoms with Gasteiger partial charge in [-0.2, -0.15) is 0 Å². The number of hydrogen-bond acceptors (Lipinski definition) is 4. The van der Waals surface area contributed by atoms with Crippen LogP contribution in [0.15, 0.2) is 18.5 Å². The molecule has 0 aliphatic carbocycles. The molecule has 1 aliphatic rings.